The Morgan fingerprint density at radius 3 is 2.95 bits per heavy atom. The largest absolute Gasteiger partial charge is 0.497 e. The van der Waals surface area contributed by atoms with Crippen LogP contribution in [0.25, 0.3) is 0 Å². The highest BCUT2D eigenvalue weighted by Gasteiger charge is 2.22. The van der Waals surface area contributed by atoms with Gasteiger partial charge in [-0.2, -0.15) is 0 Å². The molecule has 1 aromatic rings. The van der Waals surface area contributed by atoms with Gasteiger partial charge in [-0.3, -0.25) is 0 Å². The lowest BCUT2D eigenvalue weighted by Crippen LogP contribution is -2.33. The van der Waals surface area contributed by atoms with Gasteiger partial charge in [0.2, 0.25) is 0 Å². The first kappa shape index (κ1) is 14.0. The quantitative estimate of drug-likeness (QED) is 0.829. The van der Waals surface area contributed by atoms with Crippen LogP contribution in [0.4, 0.5) is 0 Å². The number of hydrogen-bond donors (Lipinski definition) is 2. The minimum atomic E-state index is -3.06. The highest BCUT2D eigenvalue weighted by atomic mass is 32.2. The Labute approximate surface area is 112 Å². The van der Waals surface area contributed by atoms with E-state index in [1.165, 1.54) is 5.41 Å². The van der Waals surface area contributed by atoms with Crippen molar-refractivity contribution in [3.05, 3.63) is 41.3 Å². The van der Waals surface area contributed by atoms with Gasteiger partial charge in [-0.1, -0.05) is 18.2 Å². The van der Waals surface area contributed by atoms with Crippen molar-refractivity contribution in [1.82, 2.24) is 5.32 Å². The maximum atomic E-state index is 11.2. The van der Waals surface area contributed by atoms with E-state index in [9.17, 15) is 13.5 Å². The van der Waals surface area contributed by atoms with E-state index < -0.39 is 15.9 Å². The van der Waals surface area contributed by atoms with E-state index in [4.69, 9.17) is 4.74 Å². The Kier molecular flexibility index (Phi) is 4.24. The molecule has 0 amide bonds. The lowest BCUT2D eigenvalue weighted by Gasteiger charge is -2.15. The third kappa shape index (κ3) is 3.79. The highest BCUT2D eigenvalue weighted by molar-refractivity contribution is 7.94. The number of sulfone groups is 1. The van der Waals surface area contributed by atoms with Crippen molar-refractivity contribution in [3.63, 3.8) is 0 Å². The van der Waals surface area contributed by atoms with Crippen LogP contribution in [-0.2, 0) is 9.84 Å². The molecule has 0 fully saturated rings. The van der Waals surface area contributed by atoms with E-state index >= 15 is 0 Å². The van der Waals surface area contributed by atoms with Gasteiger partial charge in [0.1, 0.15) is 5.75 Å². The average molecular weight is 283 g/mol. The Hall–Kier alpha value is -1.37. The van der Waals surface area contributed by atoms with E-state index in [1.807, 2.05) is 0 Å². The zero-order valence-corrected chi connectivity index (χ0v) is 11.4. The van der Waals surface area contributed by atoms with Crippen molar-refractivity contribution in [1.29, 1.82) is 0 Å². The maximum Gasteiger partial charge on any atom is 0.173 e. The molecule has 2 unspecified atom stereocenters. The fourth-order valence-electron chi connectivity index (χ4n) is 1.93. The minimum Gasteiger partial charge on any atom is -0.497 e. The summed E-state index contributed by atoms with van der Waals surface area (Å²) in [6.45, 7) is 0.289. The summed E-state index contributed by atoms with van der Waals surface area (Å²) in [5, 5.41) is 14.3. The second kappa shape index (κ2) is 5.73. The minimum absolute atomic E-state index is 0.0534. The van der Waals surface area contributed by atoms with Crippen molar-refractivity contribution in [3.8, 4) is 5.75 Å². The summed E-state index contributed by atoms with van der Waals surface area (Å²) in [6, 6.07) is 6.93. The molecule has 2 rings (SSSR count). The molecule has 1 aromatic carbocycles. The number of methoxy groups -OCH3 is 1. The number of nitrogens with one attached hydrogen (secondary N) is 1. The predicted octanol–water partition coefficient (Wildman–Crippen LogP) is 0.629. The molecule has 104 valence electrons. The number of aliphatic hydroxyl groups is 1. The molecule has 0 spiro atoms. The van der Waals surface area contributed by atoms with Crippen LogP contribution in [-0.4, -0.2) is 39.0 Å². The van der Waals surface area contributed by atoms with E-state index in [2.05, 4.69) is 5.32 Å². The molecule has 1 aliphatic rings. The zero-order valence-electron chi connectivity index (χ0n) is 10.6. The Morgan fingerprint density at radius 1 is 1.53 bits per heavy atom. The van der Waals surface area contributed by atoms with Gasteiger partial charge in [0, 0.05) is 18.0 Å². The van der Waals surface area contributed by atoms with E-state index in [1.54, 1.807) is 37.5 Å². The standard InChI is InChI=1S/C13H17NO4S/c1-18-12-4-2-3-10(7-12)13(15)8-14-11-5-6-19(16,17)9-11/h2-7,11,13-15H,8-9H2,1H3. The molecule has 1 heterocycles. The number of hydrogen-bond acceptors (Lipinski definition) is 5. The van der Waals surface area contributed by atoms with Gasteiger partial charge < -0.3 is 15.2 Å². The van der Waals surface area contributed by atoms with E-state index in [-0.39, 0.29) is 18.3 Å². The molecule has 2 atom stereocenters. The summed E-state index contributed by atoms with van der Waals surface area (Å²) >= 11 is 0. The molecule has 2 N–H and O–H groups in total. The number of aliphatic hydroxyl groups excluding tert-OH is 1. The van der Waals surface area contributed by atoms with Gasteiger partial charge in [0.05, 0.1) is 19.0 Å². The molecule has 0 radical (unpaired) electrons. The first-order valence-electron chi connectivity index (χ1n) is 5.96. The normalized spacial score (nSPS) is 22.3. The fourth-order valence-corrected chi connectivity index (χ4v) is 3.20. The van der Waals surface area contributed by atoms with Gasteiger partial charge in [-0.05, 0) is 17.7 Å². The smallest absolute Gasteiger partial charge is 0.173 e. The lowest BCUT2D eigenvalue weighted by atomic mass is 10.1. The molecule has 0 saturated heterocycles. The molecule has 5 nitrogen and oxygen atoms in total. The van der Waals surface area contributed by atoms with Crippen LogP contribution < -0.4 is 10.1 Å². The third-order valence-electron chi connectivity index (χ3n) is 2.98. The van der Waals surface area contributed by atoms with Crippen LogP contribution in [0.2, 0.25) is 0 Å². The van der Waals surface area contributed by atoms with Crippen molar-refractivity contribution < 1.29 is 18.3 Å². The van der Waals surface area contributed by atoms with Crippen LogP contribution in [0.15, 0.2) is 35.7 Å². The SMILES string of the molecule is COc1cccc(C(O)CNC2C=CS(=O)(=O)C2)c1. The highest BCUT2D eigenvalue weighted by Crippen LogP contribution is 2.19. The second-order valence-electron chi connectivity index (χ2n) is 4.47. The fraction of sp³-hybridized carbons (Fsp3) is 0.385. The van der Waals surface area contributed by atoms with Crippen LogP contribution in [0.5, 0.6) is 5.75 Å². The van der Waals surface area contributed by atoms with Crippen molar-refractivity contribution in [2.24, 2.45) is 0 Å². The van der Waals surface area contributed by atoms with Crippen LogP contribution in [0.3, 0.4) is 0 Å². The number of rotatable bonds is 5. The van der Waals surface area contributed by atoms with Crippen LogP contribution in [0, 0.1) is 0 Å². The Morgan fingerprint density at radius 2 is 2.32 bits per heavy atom. The summed E-state index contributed by atoms with van der Waals surface area (Å²) in [5.74, 6) is 0.734. The molecular weight excluding hydrogens is 266 g/mol. The summed E-state index contributed by atoms with van der Waals surface area (Å²) in [5.41, 5.74) is 0.733. The molecular formula is C13H17NO4S. The van der Waals surface area contributed by atoms with Crippen LogP contribution >= 0.6 is 0 Å². The lowest BCUT2D eigenvalue weighted by molar-refractivity contribution is 0.172. The molecule has 6 heteroatoms. The molecule has 0 saturated carbocycles. The molecule has 0 aliphatic carbocycles. The van der Waals surface area contributed by atoms with Crippen molar-refractivity contribution in [2.75, 3.05) is 19.4 Å². The van der Waals surface area contributed by atoms with E-state index in [0.717, 1.165) is 5.56 Å². The Balaban J connectivity index is 1.91. The summed E-state index contributed by atoms with van der Waals surface area (Å²) in [4.78, 5) is 0. The van der Waals surface area contributed by atoms with Gasteiger partial charge in [-0.25, -0.2) is 8.42 Å². The number of benzene rings is 1. The molecule has 1 aliphatic heterocycles. The maximum absolute atomic E-state index is 11.2. The summed E-state index contributed by atoms with van der Waals surface area (Å²) in [7, 11) is -1.50. The van der Waals surface area contributed by atoms with Gasteiger partial charge in [0.25, 0.3) is 0 Å². The zero-order chi connectivity index (χ0) is 13.9. The predicted molar refractivity (Wildman–Crippen MR) is 72.7 cm³/mol. The molecule has 19 heavy (non-hydrogen) atoms. The van der Waals surface area contributed by atoms with Crippen molar-refractivity contribution in [2.45, 2.75) is 12.1 Å². The summed E-state index contributed by atoms with van der Waals surface area (Å²) < 4.78 is 27.6. The monoisotopic (exact) mass is 283 g/mol. The first-order valence-corrected chi connectivity index (χ1v) is 7.68. The molecule has 0 aromatic heterocycles. The van der Waals surface area contributed by atoms with Crippen molar-refractivity contribution >= 4 is 9.84 Å². The summed E-state index contributed by atoms with van der Waals surface area (Å²) in [6.07, 6.45) is 0.903. The topological polar surface area (TPSA) is 75.6 Å². The average Bonchev–Trinajstić information content (AvgIpc) is 2.75. The van der Waals surface area contributed by atoms with Crippen LogP contribution in [0.1, 0.15) is 11.7 Å². The first-order chi connectivity index (χ1) is 9.00. The van der Waals surface area contributed by atoms with Gasteiger partial charge >= 0.3 is 0 Å². The third-order valence-corrected chi connectivity index (χ3v) is 4.38. The molecule has 0 bridgehead atoms. The van der Waals surface area contributed by atoms with Gasteiger partial charge in [-0.15, -0.1) is 0 Å². The Bertz CT molecular complexity index is 568. The van der Waals surface area contributed by atoms with Gasteiger partial charge in [0.15, 0.2) is 9.84 Å². The second-order valence-corrected chi connectivity index (χ2v) is 6.40. The van der Waals surface area contributed by atoms with E-state index in [0.29, 0.717) is 5.75 Å². The number of ether oxygens (including phenoxy) is 1.